The molecule has 4 aromatic rings. The number of nitrogens with one attached hydrogen (secondary N) is 2. The van der Waals surface area contributed by atoms with E-state index in [0.717, 1.165) is 38.4 Å². The monoisotopic (exact) mass is 580 g/mol. The molecule has 0 aliphatic carbocycles. The van der Waals surface area contributed by atoms with E-state index in [-0.39, 0.29) is 23.8 Å². The van der Waals surface area contributed by atoms with Gasteiger partial charge in [0, 0.05) is 64.1 Å². The van der Waals surface area contributed by atoms with Gasteiger partial charge in [-0.15, -0.1) is 0 Å². The molecule has 2 aliphatic rings. The Morgan fingerprint density at radius 2 is 1.98 bits per heavy atom. The van der Waals surface area contributed by atoms with Crippen molar-refractivity contribution in [3.63, 3.8) is 0 Å². The molecular weight excluding hydrogens is 551 g/mol. The molecule has 1 aromatic carbocycles. The first-order valence-corrected chi connectivity index (χ1v) is 13.7. The third kappa shape index (κ3) is 5.63. The van der Waals surface area contributed by atoms with Gasteiger partial charge in [0.05, 0.1) is 48.1 Å². The van der Waals surface area contributed by atoms with Crippen LogP contribution in [0.2, 0.25) is 5.02 Å². The Balaban J connectivity index is 1.18. The number of benzene rings is 1. The van der Waals surface area contributed by atoms with Gasteiger partial charge in [0.2, 0.25) is 11.9 Å². The van der Waals surface area contributed by atoms with Gasteiger partial charge in [-0.05, 0) is 24.3 Å². The number of hydrogen-bond donors (Lipinski definition) is 2. The Hall–Kier alpha value is -4.00. The van der Waals surface area contributed by atoms with Crippen LogP contribution >= 0.6 is 11.6 Å². The first kappa shape index (κ1) is 27.2. The fourth-order valence-corrected chi connectivity index (χ4v) is 5.60. The zero-order valence-corrected chi connectivity index (χ0v) is 23.4. The third-order valence-electron chi connectivity index (χ3n) is 7.36. The molecule has 2 unspecified atom stereocenters. The van der Waals surface area contributed by atoms with Crippen molar-refractivity contribution in [3.8, 4) is 17.1 Å². The Morgan fingerprint density at radius 3 is 2.73 bits per heavy atom. The van der Waals surface area contributed by atoms with Gasteiger partial charge in [-0.2, -0.15) is 0 Å². The van der Waals surface area contributed by atoms with Crippen molar-refractivity contribution in [2.75, 3.05) is 57.1 Å². The van der Waals surface area contributed by atoms with Crippen LogP contribution < -0.4 is 20.3 Å². The lowest BCUT2D eigenvalue weighted by Gasteiger charge is -2.46. The second-order valence-electron chi connectivity index (χ2n) is 10.1. The van der Waals surface area contributed by atoms with E-state index in [9.17, 15) is 9.18 Å². The van der Waals surface area contributed by atoms with E-state index in [4.69, 9.17) is 21.1 Å². The number of aromatic nitrogens is 4. The fourth-order valence-electron chi connectivity index (χ4n) is 5.41. The summed E-state index contributed by atoms with van der Waals surface area (Å²) in [7, 11) is 3.28. The number of methoxy groups -OCH3 is 1. The first-order chi connectivity index (χ1) is 19.9. The predicted octanol–water partition coefficient (Wildman–Crippen LogP) is 3.36. The van der Waals surface area contributed by atoms with Crippen molar-refractivity contribution in [3.05, 3.63) is 59.8 Å². The van der Waals surface area contributed by atoms with Crippen molar-refractivity contribution >= 4 is 40.5 Å². The summed E-state index contributed by atoms with van der Waals surface area (Å²) in [5, 5.41) is 6.22. The number of fused-ring (bicyclic) bond motifs is 3. The lowest BCUT2D eigenvalue weighted by atomic mass is 10.1. The number of anilines is 3. The van der Waals surface area contributed by atoms with Gasteiger partial charge < -0.3 is 25.0 Å². The van der Waals surface area contributed by atoms with Crippen LogP contribution in [0.5, 0.6) is 5.75 Å². The Labute approximate surface area is 241 Å². The summed E-state index contributed by atoms with van der Waals surface area (Å²) in [5.74, 6) is 0.548. The normalized spacial score (nSPS) is 18.9. The molecule has 2 saturated heterocycles. The van der Waals surface area contributed by atoms with Crippen molar-refractivity contribution in [1.82, 2.24) is 29.6 Å². The highest BCUT2D eigenvalue weighted by molar-refractivity contribution is 6.32. The van der Waals surface area contributed by atoms with E-state index in [1.165, 1.54) is 18.5 Å². The van der Waals surface area contributed by atoms with Gasteiger partial charge in [-0.3, -0.25) is 14.1 Å². The van der Waals surface area contributed by atoms with Crippen LogP contribution in [-0.4, -0.2) is 89.2 Å². The highest BCUT2D eigenvalue weighted by Gasteiger charge is 2.35. The molecule has 1 amide bonds. The van der Waals surface area contributed by atoms with Gasteiger partial charge >= 0.3 is 0 Å². The Morgan fingerprint density at radius 1 is 1.17 bits per heavy atom. The second-order valence-corrected chi connectivity index (χ2v) is 10.5. The van der Waals surface area contributed by atoms with Crippen LogP contribution in [0.15, 0.2) is 48.9 Å². The van der Waals surface area contributed by atoms with Gasteiger partial charge in [0.25, 0.3) is 0 Å². The molecule has 0 radical (unpaired) electrons. The molecule has 2 fully saturated rings. The summed E-state index contributed by atoms with van der Waals surface area (Å²) in [5.41, 5.74) is 2.86. The van der Waals surface area contributed by atoms with Crippen LogP contribution in [0, 0.1) is 5.82 Å². The molecule has 2 atom stereocenters. The standard InChI is InChI=1S/C28H30ClFN8O3/c1-31-25(39)7-9-36-13-18-15-37(16-19(14-36)41-18)17-5-6-22(24(10-17)40-2)34-28-33-11-20(29)26(35-28)23-12-32-27-21(30)4-3-8-38(23)27/h3-6,8,10-12,18-19H,7,9,13-16H2,1-2H3,(H,31,39)(H,33,34,35). The summed E-state index contributed by atoms with van der Waals surface area (Å²) in [6.07, 6.45) is 5.34. The zero-order valence-electron chi connectivity index (χ0n) is 22.7. The maximum absolute atomic E-state index is 14.2. The number of rotatable bonds is 8. The van der Waals surface area contributed by atoms with E-state index < -0.39 is 5.82 Å². The van der Waals surface area contributed by atoms with Gasteiger partial charge in [0.15, 0.2) is 11.5 Å². The second kappa shape index (κ2) is 11.5. The Kier molecular flexibility index (Phi) is 7.61. The number of pyridine rings is 1. The molecule has 2 bridgehead atoms. The van der Waals surface area contributed by atoms with E-state index in [1.54, 1.807) is 30.8 Å². The zero-order chi connectivity index (χ0) is 28.5. The molecule has 41 heavy (non-hydrogen) atoms. The molecule has 214 valence electrons. The lowest BCUT2D eigenvalue weighted by Crippen LogP contribution is -2.59. The smallest absolute Gasteiger partial charge is 0.227 e. The molecular formula is C28H30ClFN8O3. The molecule has 11 nitrogen and oxygen atoms in total. The predicted molar refractivity (Wildman–Crippen MR) is 153 cm³/mol. The van der Waals surface area contributed by atoms with Crippen LogP contribution in [0.4, 0.5) is 21.7 Å². The minimum Gasteiger partial charge on any atom is -0.494 e. The average molecular weight is 581 g/mol. The summed E-state index contributed by atoms with van der Waals surface area (Å²) in [6.45, 7) is 3.79. The minimum atomic E-state index is -0.436. The number of imidazole rings is 1. The van der Waals surface area contributed by atoms with Crippen molar-refractivity contribution < 1.29 is 18.7 Å². The van der Waals surface area contributed by atoms with Gasteiger partial charge in [-0.1, -0.05) is 11.6 Å². The summed E-state index contributed by atoms with van der Waals surface area (Å²) >= 11 is 6.43. The average Bonchev–Trinajstić information content (AvgIpc) is 3.42. The van der Waals surface area contributed by atoms with Crippen LogP contribution in [0.1, 0.15) is 6.42 Å². The lowest BCUT2D eigenvalue weighted by molar-refractivity contribution is -0.123. The van der Waals surface area contributed by atoms with Crippen molar-refractivity contribution in [2.45, 2.75) is 18.6 Å². The number of carbonyl (C=O) groups excluding carboxylic acids is 1. The molecule has 3 aromatic heterocycles. The van der Waals surface area contributed by atoms with Crippen LogP contribution in [-0.2, 0) is 9.53 Å². The number of amides is 1. The number of hydrogen-bond acceptors (Lipinski definition) is 9. The molecule has 0 spiro atoms. The molecule has 6 rings (SSSR count). The topological polar surface area (TPSA) is 109 Å². The third-order valence-corrected chi connectivity index (χ3v) is 7.64. The van der Waals surface area contributed by atoms with Gasteiger partial charge in [0.1, 0.15) is 11.4 Å². The maximum atomic E-state index is 14.2. The largest absolute Gasteiger partial charge is 0.494 e. The van der Waals surface area contributed by atoms with E-state index >= 15 is 0 Å². The molecule has 2 N–H and O–H groups in total. The molecule has 13 heteroatoms. The van der Waals surface area contributed by atoms with Crippen molar-refractivity contribution in [2.24, 2.45) is 0 Å². The highest BCUT2D eigenvalue weighted by Crippen LogP contribution is 2.34. The van der Waals surface area contributed by atoms with E-state index in [1.807, 2.05) is 18.2 Å². The number of carbonyl (C=O) groups is 1. The fraction of sp³-hybridized carbons (Fsp3) is 0.357. The Bertz CT molecular complexity index is 1570. The van der Waals surface area contributed by atoms with Crippen LogP contribution in [0.25, 0.3) is 17.0 Å². The summed E-state index contributed by atoms with van der Waals surface area (Å²) < 4.78 is 27.7. The molecule has 0 saturated carbocycles. The summed E-state index contributed by atoms with van der Waals surface area (Å²) in [6, 6.07) is 8.88. The SMILES string of the molecule is CNC(=O)CCN1CC2CN(c3ccc(Nc4ncc(Cl)c(-c5cnc6c(F)cccn56)n4)c(OC)c3)CC(C1)O2. The van der Waals surface area contributed by atoms with E-state index in [0.29, 0.717) is 40.2 Å². The number of ether oxygens (including phenoxy) is 2. The minimum absolute atomic E-state index is 0.0510. The molecule has 5 heterocycles. The maximum Gasteiger partial charge on any atom is 0.227 e. The number of halogens is 2. The van der Waals surface area contributed by atoms with Crippen molar-refractivity contribution in [1.29, 1.82) is 0 Å². The molecule has 2 aliphatic heterocycles. The highest BCUT2D eigenvalue weighted by atomic mass is 35.5. The van der Waals surface area contributed by atoms with Crippen LogP contribution in [0.3, 0.4) is 0 Å². The quantitative estimate of drug-likeness (QED) is 0.324. The van der Waals surface area contributed by atoms with E-state index in [2.05, 4.69) is 35.4 Å². The van der Waals surface area contributed by atoms with Gasteiger partial charge in [-0.25, -0.2) is 19.3 Å². The summed E-state index contributed by atoms with van der Waals surface area (Å²) in [4.78, 5) is 29.4. The number of nitrogens with zero attached hydrogens (tertiary/aromatic N) is 6. The first-order valence-electron chi connectivity index (χ1n) is 13.3. The number of morpholine rings is 2.